The van der Waals surface area contributed by atoms with Crippen LogP contribution in [0.4, 0.5) is 10.2 Å². The van der Waals surface area contributed by atoms with Crippen LogP contribution in [-0.4, -0.2) is 34.6 Å². The Morgan fingerprint density at radius 1 is 1.30 bits per heavy atom. The smallest absolute Gasteiger partial charge is 0.365 e. The fourth-order valence-corrected chi connectivity index (χ4v) is 7.93. The van der Waals surface area contributed by atoms with E-state index in [1.165, 1.54) is 24.3 Å². The zero-order valence-corrected chi connectivity index (χ0v) is 22.9. The highest BCUT2D eigenvalue weighted by Crippen LogP contribution is 2.60. The molecule has 37 heavy (non-hydrogen) atoms. The minimum atomic E-state index is -4.51. The zero-order chi connectivity index (χ0) is 27.0. The number of anilines is 1. The van der Waals surface area contributed by atoms with E-state index in [-0.39, 0.29) is 16.6 Å². The van der Waals surface area contributed by atoms with E-state index in [1.54, 1.807) is 0 Å². The highest BCUT2D eigenvalue weighted by Gasteiger charge is 2.64. The summed E-state index contributed by atoms with van der Waals surface area (Å²) in [6.07, 6.45) is 4.17. The quantitative estimate of drug-likeness (QED) is 0.475. The van der Waals surface area contributed by atoms with Crippen molar-refractivity contribution in [3.63, 3.8) is 0 Å². The molecule has 2 N–H and O–H groups in total. The molecule has 2 fully saturated rings. The molecule has 2 heterocycles. The fourth-order valence-electron chi connectivity index (χ4n) is 5.33. The summed E-state index contributed by atoms with van der Waals surface area (Å²) in [5.74, 6) is -2.31. The van der Waals surface area contributed by atoms with E-state index in [9.17, 15) is 22.4 Å². The molecule has 2 atom stereocenters. The van der Waals surface area contributed by atoms with Gasteiger partial charge in [-0.05, 0) is 49.4 Å². The second-order valence-electron chi connectivity index (χ2n) is 9.88. The summed E-state index contributed by atoms with van der Waals surface area (Å²) in [5, 5.41) is 0.326. The molecule has 0 radical (unpaired) electrons. The molecular weight excluding hydrogens is 545 g/mol. The maximum Gasteiger partial charge on any atom is 0.365 e. The van der Waals surface area contributed by atoms with E-state index in [0.717, 1.165) is 41.8 Å². The van der Waals surface area contributed by atoms with Gasteiger partial charge >= 0.3 is 21.8 Å². The van der Waals surface area contributed by atoms with Crippen molar-refractivity contribution in [2.45, 2.75) is 68.4 Å². The maximum absolute atomic E-state index is 14.2. The molecule has 1 aliphatic carbocycles. The summed E-state index contributed by atoms with van der Waals surface area (Å²) in [6, 6.07) is 5.25. The number of hydrogen-bond donors (Lipinski definition) is 1. The van der Waals surface area contributed by atoms with Gasteiger partial charge in [0.15, 0.2) is 11.6 Å². The highest BCUT2D eigenvalue weighted by atomic mass is 35.5. The SMILES string of the molecule is CC(C)CC1([C@@]2(C(=O)OS(=O)(=O)c3ccc(Cl)cc3)O[C@H](n3cc(F)c(N)nc3=O)CS2)CCCCC1. The van der Waals surface area contributed by atoms with Gasteiger partial charge in [0.1, 0.15) is 11.1 Å². The van der Waals surface area contributed by atoms with Crippen LogP contribution in [-0.2, 0) is 23.8 Å². The lowest BCUT2D eigenvalue weighted by Crippen LogP contribution is -2.55. The molecule has 13 heteroatoms. The summed E-state index contributed by atoms with van der Waals surface area (Å²) in [4.78, 5) is 28.0. The molecule has 0 amide bonds. The number of nitrogens with zero attached hydrogens (tertiary/aromatic N) is 2. The fraction of sp³-hybridized carbons (Fsp3) is 0.542. The lowest BCUT2D eigenvalue weighted by atomic mass is 9.65. The molecule has 202 valence electrons. The van der Waals surface area contributed by atoms with Crippen molar-refractivity contribution in [3.05, 3.63) is 51.8 Å². The van der Waals surface area contributed by atoms with Crippen molar-refractivity contribution in [2.75, 3.05) is 11.5 Å². The van der Waals surface area contributed by atoms with Crippen LogP contribution in [0.5, 0.6) is 0 Å². The second kappa shape index (κ2) is 10.5. The lowest BCUT2D eigenvalue weighted by molar-refractivity contribution is -0.179. The van der Waals surface area contributed by atoms with Crippen LogP contribution >= 0.6 is 23.4 Å². The normalized spacial score (nSPS) is 23.8. The molecule has 1 aromatic heterocycles. The van der Waals surface area contributed by atoms with E-state index < -0.39 is 50.0 Å². The summed E-state index contributed by atoms with van der Waals surface area (Å²) < 4.78 is 52.8. The highest BCUT2D eigenvalue weighted by molar-refractivity contribution is 8.01. The van der Waals surface area contributed by atoms with E-state index >= 15 is 0 Å². The zero-order valence-electron chi connectivity index (χ0n) is 20.5. The number of ether oxygens (including phenoxy) is 1. The van der Waals surface area contributed by atoms with Crippen LogP contribution in [0.1, 0.15) is 58.6 Å². The molecule has 1 saturated carbocycles. The molecule has 0 spiro atoms. The third-order valence-corrected chi connectivity index (χ3v) is 9.87. The Kier molecular flexibility index (Phi) is 7.95. The molecule has 2 aliphatic rings. The largest absolute Gasteiger partial charge is 0.381 e. The molecule has 0 bridgehead atoms. The predicted molar refractivity (Wildman–Crippen MR) is 138 cm³/mol. The molecule has 1 saturated heterocycles. The van der Waals surface area contributed by atoms with Crippen LogP contribution in [0.3, 0.4) is 0 Å². The first-order chi connectivity index (χ1) is 17.4. The predicted octanol–water partition coefficient (Wildman–Crippen LogP) is 4.51. The molecule has 2 aromatic rings. The summed E-state index contributed by atoms with van der Waals surface area (Å²) in [7, 11) is -4.51. The van der Waals surface area contributed by atoms with Crippen LogP contribution < -0.4 is 11.4 Å². The average Bonchev–Trinajstić information content (AvgIpc) is 3.29. The number of rotatable bonds is 7. The summed E-state index contributed by atoms with van der Waals surface area (Å²) >= 11 is 6.96. The Labute approximate surface area is 224 Å². The van der Waals surface area contributed by atoms with Gasteiger partial charge in [0.25, 0.3) is 0 Å². The van der Waals surface area contributed by atoms with Crippen molar-refractivity contribution in [1.82, 2.24) is 9.55 Å². The molecular formula is C24H29ClFN3O6S2. The van der Waals surface area contributed by atoms with Crippen LogP contribution in [0, 0.1) is 17.2 Å². The molecule has 1 aliphatic heterocycles. The lowest BCUT2D eigenvalue weighted by Gasteiger charge is -2.48. The maximum atomic E-state index is 14.2. The molecule has 9 nitrogen and oxygen atoms in total. The van der Waals surface area contributed by atoms with Gasteiger partial charge in [0.05, 0.1) is 6.20 Å². The van der Waals surface area contributed by atoms with Gasteiger partial charge in [-0.15, -0.1) is 11.8 Å². The first-order valence-electron chi connectivity index (χ1n) is 12.0. The molecule has 1 aromatic carbocycles. The van der Waals surface area contributed by atoms with Crippen molar-refractivity contribution >= 4 is 45.3 Å². The first-order valence-corrected chi connectivity index (χ1v) is 14.8. The number of benzene rings is 1. The number of halogens is 2. The van der Waals surface area contributed by atoms with Gasteiger partial charge in [0.2, 0.25) is 4.93 Å². The average molecular weight is 574 g/mol. The Bertz CT molecular complexity index is 1330. The van der Waals surface area contributed by atoms with E-state index in [0.29, 0.717) is 24.3 Å². The molecule has 4 rings (SSSR count). The van der Waals surface area contributed by atoms with E-state index in [2.05, 4.69) is 4.98 Å². The summed E-state index contributed by atoms with van der Waals surface area (Å²) in [6.45, 7) is 4.03. The van der Waals surface area contributed by atoms with Crippen molar-refractivity contribution in [1.29, 1.82) is 0 Å². The number of carbonyl (C=O) groups excluding carboxylic acids is 1. The Balaban J connectivity index is 1.77. The Hall–Kier alpha value is -2.15. The van der Waals surface area contributed by atoms with E-state index in [4.69, 9.17) is 26.3 Å². The number of carbonyl (C=O) groups is 1. The van der Waals surface area contributed by atoms with Crippen LogP contribution in [0.2, 0.25) is 5.02 Å². The van der Waals surface area contributed by atoms with Crippen molar-refractivity contribution in [2.24, 2.45) is 11.3 Å². The number of nitrogens with two attached hydrogens (primary N) is 1. The van der Waals surface area contributed by atoms with E-state index in [1.807, 2.05) is 13.8 Å². The van der Waals surface area contributed by atoms with Crippen LogP contribution in [0.15, 0.2) is 40.2 Å². The molecule has 0 unspecified atom stereocenters. The third kappa shape index (κ3) is 5.39. The van der Waals surface area contributed by atoms with Crippen LogP contribution in [0.25, 0.3) is 0 Å². The number of hydrogen-bond acceptors (Lipinski definition) is 9. The van der Waals surface area contributed by atoms with Crippen molar-refractivity contribution < 1.29 is 26.5 Å². The number of thioether (sulfide) groups is 1. The van der Waals surface area contributed by atoms with Gasteiger partial charge in [-0.2, -0.15) is 13.4 Å². The standard InChI is InChI=1S/C24H29ClFN3O6S2/c1-15(2)12-23(10-4-3-5-11-23)24(21(30)35-37(32,33)17-8-6-16(25)7-9-17)34-19(14-36-24)29-13-18(26)20(27)28-22(29)31/h6-9,13,15,19H,3-5,10-12,14H2,1-2H3,(H2,27,28,31)/t19-,24-/m0/s1. The number of nitrogen functional groups attached to an aromatic ring is 1. The second-order valence-corrected chi connectivity index (χ2v) is 13.1. The van der Waals surface area contributed by atoms with Gasteiger partial charge in [-0.3, -0.25) is 4.57 Å². The summed E-state index contributed by atoms with van der Waals surface area (Å²) in [5.41, 5.74) is 3.81. The van der Waals surface area contributed by atoms with Gasteiger partial charge in [0, 0.05) is 16.2 Å². The van der Waals surface area contributed by atoms with Gasteiger partial charge in [-0.25, -0.2) is 14.0 Å². The van der Waals surface area contributed by atoms with Gasteiger partial charge < -0.3 is 14.7 Å². The first kappa shape index (κ1) is 27.9. The Morgan fingerprint density at radius 3 is 2.57 bits per heavy atom. The third-order valence-electron chi connectivity index (χ3n) is 6.84. The Morgan fingerprint density at radius 2 is 1.95 bits per heavy atom. The minimum absolute atomic E-state index is 0.0703. The number of aromatic nitrogens is 2. The van der Waals surface area contributed by atoms with Crippen molar-refractivity contribution in [3.8, 4) is 0 Å². The minimum Gasteiger partial charge on any atom is -0.381 e. The monoisotopic (exact) mass is 573 g/mol. The topological polar surface area (TPSA) is 131 Å². The van der Waals surface area contributed by atoms with Gasteiger partial charge in [-0.1, -0.05) is 44.7 Å².